The minimum absolute atomic E-state index is 0.813. The quantitative estimate of drug-likeness (QED) is 0.722. The maximum atomic E-state index is 4.72. The van der Waals surface area contributed by atoms with Crippen LogP contribution in [0.3, 0.4) is 0 Å². The van der Waals surface area contributed by atoms with Gasteiger partial charge in [0.1, 0.15) is 5.82 Å². The Balaban J connectivity index is 1.71. The Bertz CT molecular complexity index is 792. The van der Waals surface area contributed by atoms with E-state index in [1.807, 2.05) is 16.6 Å². The van der Waals surface area contributed by atoms with E-state index < -0.39 is 0 Å². The summed E-state index contributed by atoms with van der Waals surface area (Å²) in [5.74, 6) is 1.90. The second-order valence-electron chi connectivity index (χ2n) is 5.37. The molecule has 0 spiro atoms. The predicted octanol–water partition coefficient (Wildman–Crippen LogP) is 2.25. The number of benzene rings is 1. The second-order valence-corrected chi connectivity index (χ2v) is 5.37. The first kappa shape index (κ1) is 12.3. The first-order valence-corrected chi connectivity index (χ1v) is 7.38. The van der Waals surface area contributed by atoms with Crippen LogP contribution in [0.2, 0.25) is 0 Å². The van der Waals surface area contributed by atoms with Crippen LogP contribution in [0.15, 0.2) is 36.4 Å². The molecule has 0 saturated carbocycles. The fourth-order valence-electron chi connectivity index (χ4n) is 2.90. The lowest BCUT2D eigenvalue weighted by molar-refractivity contribution is 0.702. The predicted molar refractivity (Wildman–Crippen MR) is 81.4 cm³/mol. The monoisotopic (exact) mass is 279 g/mol. The number of nitrogens with zero attached hydrogens (tertiary/aromatic N) is 5. The molecule has 2 aromatic heterocycles. The van der Waals surface area contributed by atoms with E-state index in [1.165, 1.54) is 11.1 Å². The number of rotatable bonds is 2. The van der Waals surface area contributed by atoms with Crippen LogP contribution in [-0.2, 0) is 19.4 Å². The molecule has 3 heterocycles. The first-order chi connectivity index (χ1) is 10.3. The summed E-state index contributed by atoms with van der Waals surface area (Å²) in [5.41, 5.74) is 3.66. The van der Waals surface area contributed by atoms with Crippen LogP contribution in [0.1, 0.15) is 23.9 Å². The van der Waals surface area contributed by atoms with Gasteiger partial charge in [0.05, 0.1) is 0 Å². The summed E-state index contributed by atoms with van der Waals surface area (Å²) >= 11 is 0. The van der Waals surface area contributed by atoms with Gasteiger partial charge in [-0.2, -0.15) is 4.52 Å². The standard InChI is InChI=1S/C16H17N5/c1-2-14-17-18-15-7-8-16(19-21(14)15)20-10-9-12-5-3-4-6-13(12)11-20/h3-8H,2,9-11H2,1H3. The van der Waals surface area contributed by atoms with Crippen LogP contribution in [-0.4, -0.2) is 26.4 Å². The molecule has 106 valence electrons. The Morgan fingerprint density at radius 2 is 1.90 bits per heavy atom. The fourth-order valence-corrected chi connectivity index (χ4v) is 2.90. The van der Waals surface area contributed by atoms with E-state index in [-0.39, 0.29) is 0 Å². The molecular weight excluding hydrogens is 262 g/mol. The summed E-state index contributed by atoms with van der Waals surface area (Å²) in [6, 6.07) is 12.7. The molecule has 3 aromatic rings. The van der Waals surface area contributed by atoms with E-state index in [0.29, 0.717) is 0 Å². The second kappa shape index (κ2) is 4.84. The Labute approximate surface area is 123 Å². The van der Waals surface area contributed by atoms with Crippen molar-refractivity contribution < 1.29 is 0 Å². The van der Waals surface area contributed by atoms with Gasteiger partial charge in [0.25, 0.3) is 0 Å². The summed E-state index contributed by atoms with van der Waals surface area (Å²) in [6.07, 6.45) is 1.90. The minimum atomic E-state index is 0.813. The lowest BCUT2D eigenvalue weighted by Gasteiger charge is -2.29. The maximum absolute atomic E-state index is 4.72. The van der Waals surface area contributed by atoms with Crippen molar-refractivity contribution in [2.75, 3.05) is 11.4 Å². The number of hydrogen-bond donors (Lipinski definition) is 0. The highest BCUT2D eigenvalue weighted by Gasteiger charge is 2.18. The van der Waals surface area contributed by atoms with Crippen LogP contribution < -0.4 is 4.90 Å². The van der Waals surface area contributed by atoms with Crippen molar-refractivity contribution in [3.8, 4) is 0 Å². The van der Waals surface area contributed by atoms with E-state index in [2.05, 4.69) is 46.3 Å². The Morgan fingerprint density at radius 1 is 1.05 bits per heavy atom. The molecule has 1 aliphatic rings. The SMILES string of the molecule is CCc1nnc2ccc(N3CCc4ccccc4C3)nn12. The van der Waals surface area contributed by atoms with Gasteiger partial charge in [-0.1, -0.05) is 31.2 Å². The molecule has 5 nitrogen and oxygen atoms in total. The third-order valence-corrected chi connectivity index (χ3v) is 4.08. The Kier molecular flexibility index (Phi) is 2.84. The molecule has 21 heavy (non-hydrogen) atoms. The Morgan fingerprint density at radius 3 is 2.76 bits per heavy atom. The van der Waals surface area contributed by atoms with Crippen molar-refractivity contribution >= 4 is 11.5 Å². The van der Waals surface area contributed by atoms with Gasteiger partial charge in [-0.05, 0) is 29.7 Å². The lowest BCUT2D eigenvalue weighted by Crippen LogP contribution is -2.31. The third-order valence-electron chi connectivity index (χ3n) is 4.08. The molecule has 5 heteroatoms. The zero-order valence-electron chi connectivity index (χ0n) is 12.0. The summed E-state index contributed by atoms with van der Waals surface area (Å²) in [5, 5.41) is 13.0. The van der Waals surface area contributed by atoms with Crippen LogP contribution in [0.25, 0.3) is 5.65 Å². The van der Waals surface area contributed by atoms with Crippen LogP contribution in [0, 0.1) is 0 Å². The van der Waals surface area contributed by atoms with Gasteiger partial charge in [-0.25, -0.2) is 0 Å². The number of aromatic nitrogens is 4. The molecule has 0 fully saturated rings. The van der Waals surface area contributed by atoms with Crippen molar-refractivity contribution in [1.29, 1.82) is 0 Å². The molecule has 0 radical (unpaired) electrons. The average Bonchev–Trinajstić information content (AvgIpc) is 2.96. The normalized spacial score (nSPS) is 14.4. The van der Waals surface area contributed by atoms with Crippen molar-refractivity contribution in [2.24, 2.45) is 0 Å². The maximum Gasteiger partial charge on any atom is 0.178 e. The average molecular weight is 279 g/mol. The van der Waals surface area contributed by atoms with Crippen LogP contribution in [0.4, 0.5) is 5.82 Å². The highest BCUT2D eigenvalue weighted by molar-refractivity contribution is 5.48. The zero-order valence-corrected chi connectivity index (χ0v) is 12.0. The third kappa shape index (κ3) is 2.05. The van der Waals surface area contributed by atoms with Crippen molar-refractivity contribution in [3.05, 3.63) is 53.3 Å². The van der Waals surface area contributed by atoms with Crippen LogP contribution >= 0.6 is 0 Å². The largest absolute Gasteiger partial charge is 0.351 e. The van der Waals surface area contributed by atoms with E-state index in [9.17, 15) is 0 Å². The highest BCUT2D eigenvalue weighted by atomic mass is 15.4. The van der Waals surface area contributed by atoms with Gasteiger partial charge >= 0.3 is 0 Å². The zero-order chi connectivity index (χ0) is 14.2. The lowest BCUT2D eigenvalue weighted by atomic mass is 10.00. The van der Waals surface area contributed by atoms with Crippen molar-refractivity contribution in [2.45, 2.75) is 26.3 Å². The summed E-state index contributed by atoms with van der Waals surface area (Å²) in [6.45, 7) is 3.99. The van der Waals surface area contributed by atoms with Crippen molar-refractivity contribution in [3.63, 3.8) is 0 Å². The van der Waals surface area contributed by atoms with Gasteiger partial charge < -0.3 is 4.90 Å². The summed E-state index contributed by atoms with van der Waals surface area (Å²) in [4.78, 5) is 2.32. The molecule has 1 aliphatic heterocycles. The summed E-state index contributed by atoms with van der Waals surface area (Å²) in [7, 11) is 0. The van der Waals surface area contributed by atoms with E-state index >= 15 is 0 Å². The molecule has 0 N–H and O–H groups in total. The van der Waals surface area contributed by atoms with Crippen LogP contribution in [0.5, 0.6) is 0 Å². The molecule has 0 unspecified atom stereocenters. The molecule has 0 amide bonds. The molecule has 0 atom stereocenters. The molecule has 1 aromatic carbocycles. The van der Waals surface area contributed by atoms with E-state index in [1.54, 1.807) is 0 Å². The highest BCUT2D eigenvalue weighted by Crippen LogP contribution is 2.23. The Hall–Kier alpha value is -2.43. The summed E-state index contributed by atoms with van der Waals surface area (Å²) < 4.78 is 1.86. The van der Waals surface area contributed by atoms with E-state index in [0.717, 1.165) is 43.2 Å². The number of fused-ring (bicyclic) bond motifs is 2. The van der Waals surface area contributed by atoms with Gasteiger partial charge in [0, 0.05) is 19.5 Å². The van der Waals surface area contributed by atoms with Crippen molar-refractivity contribution in [1.82, 2.24) is 19.8 Å². The topological polar surface area (TPSA) is 46.3 Å². The molecule has 0 bridgehead atoms. The fraction of sp³-hybridized carbons (Fsp3) is 0.312. The van der Waals surface area contributed by atoms with E-state index in [4.69, 9.17) is 5.10 Å². The molecule has 0 saturated heterocycles. The molecule has 4 rings (SSSR count). The van der Waals surface area contributed by atoms with Gasteiger partial charge in [0.2, 0.25) is 0 Å². The van der Waals surface area contributed by atoms with Gasteiger partial charge in [0.15, 0.2) is 11.5 Å². The molecule has 0 aliphatic carbocycles. The number of aryl methyl sites for hydroxylation is 1. The smallest absolute Gasteiger partial charge is 0.178 e. The first-order valence-electron chi connectivity index (χ1n) is 7.38. The van der Waals surface area contributed by atoms with Gasteiger partial charge in [-0.15, -0.1) is 15.3 Å². The number of hydrogen-bond acceptors (Lipinski definition) is 4. The minimum Gasteiger partial charge on any atom is -0.351 e. The number of anilines is 1. The van der Waals surface area contributed by atoms with Gasteiger partial charge in [-0.3, -0.25) is 0 Å². The molecular formula is C16H17N5.